The molecule has 0 unspecified atom stereocenters. The van der Waals surface area contributed by atoms with Crippen LogP contribution in [0.25, 0.3) is 0 Å². The van der Waals surface area contributed by atoms with E-state index in [1.54, 1.807) is 55.5 Å². The molecule has 1 aliphatic heterocycles. The average Bonchev–Trinajstić information content (AvgIpc) is 3.37. The van der Waals surface area contributed by atoms with Crippen molar-refractivity contribution in [1.82, 2.24) is 15.5 Å². The minimum absolute atomic E-state index is 0.0767. The molecule has 3 amide bonds. The van der Waals surface area contributed by atoms with Crippen LogP contribution in [0.2, 0.25) is 0 Å². The largest absolute Gasteiger partial charge is 0.508 e. The lowest BCUT2D eigenvalue weighted by Gasteiger charge is -2.22. The fourth-order valence-electron chi connectivity index (χ4n) is 4.56. The fourth-order valence-corrected chi connectivity index (χ4v) is 4.56. The molecule has 210 valence electrons. The maximum absolute atomic E-state index is 13.3. The second kappa shape index (κ2) is 13.5. The Morgan fingerprint density at radius 1 is 0.925 bits per heavy atom. The molecule has 2 atom stereocenters. The van der Waals surface area contributed by atoms with Crippen molar-refractivity contribution in [2.75, 3.05) is 25.0 Å². The first-order valence-electron chi connectivity index (χ1n) is 13.2. The molecule has 1 aliphatic rings. The van der Waals surface area contributed by atoms with E-state index < -0.39 is 18.0 Å². The number of aromatic hydroxyl groups is 2. The molecule has 0 radical (unpaired) electrons. The number of nitrogens with one attached hydrogen (secondary N) is 3. The van der Waals surface area contributed by atoms with E-state index in [9.17, 15) is 24.6 Å². The first-order chi connectivity index (χ1) is 19.3. The molecule has 5 N–H and O–H groups in total. The highest BCUT2D eigenvalue weighted by molar-refractivity contribution is 5.95. The van der Waals surface area contributed by atoms with Gasteiger partial charge in [0.25, 0.3) is 0 Å². The predicted molar refractivity (Wildman–Crippen MR) is 150 cm³/mol. The minimum atomic E-state index is -0.866. The second-order valence-electron chi connectivity index (χ2n) is 9.72. The zero-order valence-corrected chi connectivity index (χ0v) is 22.3. The predicted octanol–water partition coefficient (Wildman–Crippen LogP) is 3.40. The van der Waals surface area contributed by atoms with E-state index in [0.717, 1.165) is 24.1 Å². The van der Waals surface area contributed by atoms with E-state index in [4.69, 9.17) is 4.74 Å². The van der Waals surface area contributed by atoms with E-state index >= 15 is 0 Å². The third-order valence-electron chi connectivity index (χ3n) is 6.61. The van der Waals surface area contributed by atoms with Crippen LogP contribution in [-0.2, 0) is 22.5 Å². The van der Waals surface area contributed by atoms with Crippen molar-refractivity contribution in [3.8, 4) is 11.5 Å². The molecule has 40 heavy (non-hydrogen) atoms. The lowest BCUT2D eigenvalue weighted by atomic mass is 10.0. The van der Waals surface area contributed by atoms with Gasteiger partial charge in [0.2, 0.25) is 5.91 Å². The molecule has 0 aromatic heterocycles. The molecule has 1 heterocycles. The number of rotatable bonds is 10. The minimum Gasteiger partial charge on any atom is -0.508 e. The van der Waals surface area contributed by atoms with Crippen molar-refractivity contribution in [2.24, 2.45) is 0 Å². The average molecular weight is 547 g/mol. The summed E-state index contributed by atoms with van der Waals surface area (Å²) in [6.45, 7) is 4.17. The van der Waals surface area contributed by atoms with E-state index in [1.165, 1.54) is 12.1 Å². The number of esters is 1. The summed E-state index contributed by atoms with van der Waals surface area (Å²) in [7, 11) is 0. The highest BCUT2D eigenvalue weighted by Crippen LogP contribution is 2.17. The van der Waals surface area contributed by atoms with Gasteiger partial charge in [0, 0.05) is 37.8 Å². The number of likely N-dealkylation sites (tertiary alicyclic amines) is 1. The zero-order valence-electron chi connectivity index (χ0n) is 22.3. The van der Waals surface area contributed by atoms with Gasteiger partial charge >= 0.3 is 12.0 Å². The van der Waals surface area contributed by atoms with Crippen LogP contribution >= 0.6 is 0 Å². The molecule has 3 aromatic carbocycles. The Labute approximate surface area is 233 Å². The Kier molecular flexibility index (Phi) is 9.58. The molecule has 3 aromatic rings. The summed E-state index contributed by atoms with van der Waals surface area (Å²) in [6, 6.07) is 18.3. The number of carbonyl (C=O) groups excluding carboxylic acids is 3. The van der Waals surface area contributed by atoms with E-state index in [1.807, 2.05) is 12.1 Å². The number of amides is 3. The normalized spacial score (nSPS) is 15.7. The number of benzene rings is 3. The highest BCUT2D eigenvalue weighted by atomic mass is 16.5. The van der Waals surface area contributed by atoms with Gasteiger partial charge in [-0.2, -0.15) is 0 Å². The lowest BCUT2D eigenvalue weighted by Crippen LogP contribution is -2.52. The summed E-state index contributed by atoms with van der Waals surface area (Å²) in [5.41, 5.74) is 2.67. The van der Waals surface area contributed by atoms with Crippen LogP contribution in [0.3, 0.4) is 0 Å². The first-order valence-corrected chi connectivity index (χ1v) is 13.2. The van der Waals surface area contributed by atoms with Crippen LogP contribution in [0.1, 0.15) is 34.8 Å². The molecule has 0 saturated carbocycles. The maximum atomic E-state index is 13.3. The monoisotopic (exact) mass is 546 g/mol. The summed E-state index contributed by atoms with van der Waals surface area (Å²) in [5.74, 6) is -0.420. The molecule has 4 rings (SSSR count). The Balaban J connectivity index is 1.37. The maximum Gasteiger partial charge on any atom is 0.338 e. The van der Waals surface area contributed by atoms with Crippen molar-refractivity contribution >= 4 is 23.6 Å². The van der Waals surface area contributed by atoms with Crippen LogP contribution in [-0.4, -0.2) is 64.8 Å². The molecule has 1 fully saturated rings. The number of anilines is 1. The quantitative estimate of drug-likeness (QED) is 0.246. The second-order valence-corrected chi connectivity index (χ2v) is 9.72. The fraction of sp³-hybridized carbons (Fsp3) is 0.300. The van der Waals surface area contributed by atoms with Crippen molar-refractivity contribution in [1.29, 1.82) is 0 Å². The SMILES string of the molecule is CCOC(=O)c1ccc(NC(=O)N[C@H](Cc2ccc(O)cc2)C(=O)N[C@@H]2CCN(Cc3ccc(O)cc3)C2)cc1. The first kappa shape index (κ1) is 28.4. The van der Waals surface area contributed by atoms with Gasteiger partial charge in [-0.25, -0.2) is 9.59 Å². The Hall–Kier alpha value is -4.57. The molecule has 0 aliphatic carbocycles. The van der Waals surface area contributed by atoms with Crippen molar-refractivity contribution in [3.05, 3.63) is 89.5 Å². The zero-order chi connectivity index (χ0) is 28.5. The number of phenols is 2. The van der Waals surface area contributed by atoms with Gasteiger partial charge in [-0.3, -0.25) is 9.69 Å². The third-order valence-corrected chi connectivity index (χ3v) is 6.61. The number of urea groups is 1. The van der Waals surface area contributed by atoms with Gasteiger partial charge in [-0.05, 0) is 73.0 Å². The smallest absolute Gasteiger partial charge is 0.338 e. The van der Waals surface area contributed by atoms with E-state index in [2.05, 4.69) is 20.9 Å². The highest BCUT2D eigenvalue weighted by Gasteiger charge is 2.28. The molecule has 10 heteroatoms. The number of hydrogen-bond acceptors (Lipinski definition) is 7. The topological polar surface area (TPSA) is 140 Å². The van der Waals surface area contributed by atoms with Gasteiger partial charge in [-0.15, -0.1) is 0 Å². The van der Waals surface area contributed by atoms with Crippen LogP contribution < -0.4 is 16.0 Å². The summed E-state index contributed by atoms with van der Waals surface area (Å²) in [6.07, 6.45) is 1.00. The van der Waals surface area contributed by atoms with Crippen LogP contribution in [0.4, 0.5) is 10.5 Å². The van der Waals surface area contributed by atoms with Crippen LogP contribution in [0.15, 0.2) is 72.8 Å². The number of hydrogen-bond donors (Lipinski definition) is 5. The van der Waals surface area contributed by atoms with Gasteiger partial charge in [0.05, 0.1) is 12.2 Å². The van der Waals surface area contributed by atoms with E-state index in [-0.39, 0.29) is 36.5 Å². The number of phenolic OH excluding ortho intramolecular Hbond substituents is 2. The van der Waals surface area contributed by atoms with Crippen LogP contribution in [0.5, 0.6) is 11.5 Å². The molecule has 10 nitrogen and oxygen atoms in total. The number of ether oxygens (including phenoxy) is 1. The summed E-state index contributed by atoms with van der Waals surface area (Å²) in [4.78, 5) is 40.3. The van der Waals surface area contributed by atoms with Gasteiger partial charge in [0.1, 0.15) is 17.5 Å². The lowest BCUT2D eigenvalue weighted by molar-refractivity contribution is -0.123. The van der Waals surface area contributed by atoms with Crippen molar-refractivity contribution in [3.63, 3.8) is 0 Å². The third kappa shape index (κ3) is 8.21. The summed E-state index contributed by atoms with van der Waals surface area (Å²) >= 11 is 0. The molecular formula is C30H34N4O6. The molecule has 0 bridgehead atoms. The number of carbonyl (C=O) groups is 3. The summed E-state index contributed by atoms with van der Waals surface area (Å²) in [5, 5.41) is 27.7. The van der Waals surface area contributed by atoms with Gasteiger partial charge < -0.3 is 30.9 Å². The molecule has 1 saturated heterocycles. The van der Waals surface area contributed by atoms with Crippen molar-refractivity contribution in [2.45, 2.75) is 38.4 Å². The number of nitrogens with zero attached hydrogens (tertiary/aromatic N) is 1. The Morgan fingerprint density at radius 3 is 2.17 bits per heavy atom. The summed E-state index contributed by atoms with van der Waals surface area (Å²) < 4.78 is 4.98. The van der Waals surface area contributed by atoms with Crippen molar-refractivity contribution < 1.29 is 29.3 Å². The molecule has 0 spiro atoms. The van der Waals surface area contributed by atoms with E-state index in [0.29, 0.717) is 24.3 Å². The Bertz CT molecular complexity index is 1300. The van der Waals surface area contributed by atoms with Gasteiger partial charge in [-0.1, -0.05) is 24.3 Å². The van der Waals surface area contributed by atoms with Gasteiger partial charge in [0.15, 0.2) is 0 Å². The molecular weight excluding hydrogens is 512 g/mol. The van der Waals surface area contributed by atoms with Crippen LogP contribution in [0, 0.1) is 0 Å². The standard InChI is InChI=1S/C30H34N4O6/c1-2-40-29(38)22-7-9-23(10-8-22)32-30(39)33-27(17-20-3-11-25(35)12-4-20)28(37)31-24-15-16-34(19-24)18-21-5-13-26(36)14-6-21/h3-14,24,27,35-36H,2,15-19H2,1H3,(H,31,37)(H2,32,33,39)/t24-,27-/m1/s1. The Morgan fingerprint density at radius 2 is 1.55 bits per heavy atom.